The van der Waals surface area contributed by atoms with Gasteiger partial charge in [-0.25, -0.2) is 9.97 Å². The van der Waals surface area contributed by atoms with Crippen LogP contribution in [0.2, 0.25) is 10.2 Å². The van der Waals surface area contributed by atoms with Gasteiger partial charge in [-0.1, -0.05) is 60.5 Å². The van der Waals surface area contributed by atoms with E-state index in [2.05, 4.69) is 23.0 Å². The van der Waals surface area contributed by atoms with Crippen molar-refractivity contribution in [2.75, 3.05) is 0 Å². The summed E-state index contributed by atoms with van der Waals surface area (Å²) < 4.78 is 0. The summed E-state index contributed by atoms with van der Waals surface area (Å²) in [5, 5.41) is 1.66. The molecule has 4 heteroatoms. The molecule has 0 N–H and O–H groups in total. The predicted octanol–water partition coefficient (Wildman–Crippen LogP) is 5.17. The molecule has 0 saturated heterocycles. The first-order valence-corrected chi connectivity index (χ1v) is 7.16. The van der Waals surface area contributed by atoms with Gasteiger partial charge in [0.15, 0.2) is 5.82 Å². The van der Waals surface area contributed by atoms with Gasteiger partial charge in [0.1, 0.15) is 5.15 Å². The Hall–Kier alpha value is -1.64. The van der Waals surface area contributed by atoms with Gasteiger partial charge in [0.2, 0.25) is 0 Å². The number of nitrogens with zero attached hydrogens (tertiary/aromatic N) is 2. The molecule has 3 aromatic rings. The van der Waals surface area contributed by atoms with Gasteiger partial charge in [0, 0.05) is 5.56 Å². The van der Waals surface area contributed by atoms with Crippen LogP contribution < -0.4 is 0 Å². The molecule has 0 aliphatic heterocycles. The van der Waals surface area contributed by atoms with Crippen LogP contribution in [0.25, 0.3) is 22.3 Å². The van der Waals surface area contributed by atoms with Crippen LogP contribution in [0, 0.1) is 0 Å². The van der Waals surface area contributed by atoms with Gasteiger partial charge >= 0.3 is 0 Å². The lowest BCUT2D eigenvalue weighted by molar-refractivity contribution is 1.12. The number of fused-ring (bicyclic) bond motifs is 1. The quantitative estimate of drug-likeness (QED) is 0.611. The van der Waals surface area contributed by atoms with Gasteiger partial charge in [-0.3, -0.25) is 0 Å². The summed E-state index contributed by atoms with van der Waals surface area (Å²) >= 11 is 12.4. The SMILES string of the molecule is CCc1ccccc1-c1nc(Cl)c2c(Cl)cccc2n1. The maximum Gasteiger partial charge on any atom is 0.161 e. The fourth-order valence-corrected chi connectivity index (χ4v) is 2.85. The van der Waals surface area contributed by atoms with Gasteiger partial charge in [0.05, 0.1) is 15.9 Å². The summed E-state index contributed by atoms with van der Waals surface area (Å²) in [6.45, 7) is 2.11. The van der Waals surface area contributed by atoms with E-state index < -0.39 is 0 Å². The maximum atomic E-state index is 6.28. The highest BCUT2D eigenvalue weighted by Gasteiger charge is 2.12. The van der Waals surface area contributed by atoms with Crippen molar-refractivity contribution in [2.24, 2.45) is 0 Å². The Morgan fingerprint density at radius 2 is 1.75 bits per heavy atom. The van der Waals surface area contributed by atoms with Crippen molar-refractivity contribution in [3.8, 4) is 11.4 Å². The molecule has 3 rings (SSSR count). The Kier molecular flexibility index (Phi) is 3.60. The van der Waals surface area contributed by atoms with Crippen LogP contribution >= 0.6 is 23.2 Å². The van der Waals surface area contributed by atoms with E-state index >= 15 is 0 Å². The van der Waals surface area contributed by atoms with Crippen molar-refractivity contribution >= 4 is 34.1 Å². The molecule has 0 saturated carbocycles. The average Bonchev–Trinajstić information content (AvgIpc) is 2.47. The summed E-state index contributed by atoms with van der Waals surface area (Å²) in [5.41, 5.74) is 2.97. The minimum Gasteiger partial charge on any atom is -0.228 e. The molecule has 100 valence electrons. The third-order valence-electron chi connectivity index (χ3n) is 3.27. The predicted molar refractivity (Wildman–Crippen MR) is 84.4 cm³/mol. The number of rotatable bonds is 2. The molecule has 0 amide bonds. The van der Waals surface area contributed by atoms with Gasteiger partial charge in [-0.05, 0) is 24.1 Å². The fraction of sp³-hybridized carbons (Fsp3) is 0.125. The lowest BCUT2D eigenvalue weighted by Crippen LogP contribution is -1.95. The van der Waals surface area contributed by atoms with Crippen LogP contribution in [0.5, 0.6) is 0 Å². The zero-order chi connectivity index (χ0) is 14.1. The van der Waals surface area contributed by atoms with Gasteiger partial charge in [-0.15, -0.1) is 0 Å². The van der Waals surface area contributed by atoms with E-state index in [0.717, 1.165) is 17.5 Å². The Balaban J connectivity index is 2.28. The molecule has 1 aromatic heterocycles. The molecule has 0 bridgehead atoms. The Morgan fingerprint density at radius 3 is 2.55 bits per heavy atom. The number of halogens is 2. The maximum absolute atomic E-state index is 6.28. The molecule has 0 aliphatic rings. The highest BCUT2D eigenvalue weighted by molar-refractivity contribution is 6.41. The van der Waals surface area contributed by atoms with Crippen LogP contribution in [0.4, 0.5) is 0 Å². The zero-order valence-electron chi connectivity index (χ0n) is 10.9. The molecule has 0 radical (unpaired) electrons. The molecule has 0 atom stereocenters. The minimum absolute atomic E-state index is 0.390. The zero-order valence-corrected chi connectivity index (χ0v) is 12.4. The first kappa shape index (κ1) is 13.3. The number of aromatic nitrogens is 2. The number of benzene rings is 2. The van der Waals surface area contributed by atoms with Crippen molar-refractivity contribution in [3.05, 3.63) is 58.2 Å². The van der Waals surface area contributed by atoms with E-state index in [1.807, 2.05) is 30.3 Å². The summed E-state index contributed by atoms with van der Waals surface area (Å²) in [4.78, 5) is 9.01. The van der Waals surface area contributed by atoms with E-state index in [-0.39, 0.29) is 0 Å². The van der Waals surface area contributed by atoms with Gasteiger partial charge < -0.3 is 0 Å². The summed E-state index contributed by atoms with van der Waals surface area (Å²) in [6.07, 6.45) is 0.921. The second kappa shape index (κ2) is 5.39. The van der Waals surface area contributed by atoms with Crippen molar-refractivity contribution in [1.29, 1.82) is 0 Å². The lowest BCUT2D eigenvalue weighted by atomic mass is 10.0. The molecule has 20 heavy (non-hydrogen) atoms. The highest BCUT2D eigenvalue weighted by atomic mass is 35.5. The Labute approximate surface area is 127 Å². The Bertz CT molecular complexity index is 785. The van der Waals surface area contributed by atoms with Crippen LogP contribution in [0.1, 0.15) is 12.5 Å². The van der Waals surface area contributed by atoms with E-state index in [1.165, 1.54) is 5.56 Å². The molecule has 0 spiro atoms. The fourth-order valence-electron chi connectivity index (χ4n) is 2.27. The van der Waals surface area contributed by atoms with Crippen molar-refractivity contribution in [3.63, 3.8) is 0 Å². The third kappa shape index (κ3) is 2.26. The first-order chi connectivity index (χ1) is 9.70. The molecule has 0 unspecified atom stereocenters. The minimum atomic E-state index is 0.390. The first-order valence-electron chi connectivity index (χ1n) is 6.40. The monoisotopic (exact) mass is 302 g/mol. The van der Waals surface area contributed by atoms with Crippen LogP contribution in [0.3, 0.4) is 0 Å². The number of hydrogen-bond donors (Lipinski definition) is 0. The van der Waals surface area contributed by atoms with Gasteiger partial charge in [0.25, 0.3) is 0 Å². The van der Waals surface area contributed by atoms with E-state index in [9.17, 15) is 0 Å². The van der Waals surface area contributed by atoms with E-state index in [0.29, 0.717) is 21.4 Å². The van der Waals surface area contributed by atoms with Crippen LogP contribution in [0.15, 0.2) is 42.5 Å². The third-order valence-corrected chi connectivity index (χ3v) is 3.86. The van der Waals surface area contributed by atoms with Crippen LogP contribution in [-0.2, 0) is 6.42 Å². The van der Waals surface area contributed by atoms with E-state index in [4.69, 9.17) is 23.2 Å². The van der Waals surface area contributed by atoms with Crippen molar-refractivity contribution in [2.45, 2.75) is 13.3 Å². The summed E-state index contributed by atoms with van der Waals surface area (Å²) in [7, 11) is 0. The van der Waals surface area contributed by atoms with E-state index in [1.54, 1.807) is 6.07 Å². The Morgan fingerprint density at radius 1 is 0.950 bits per heavy atom. The smallest absolute Gasteiger partial charge is 0.161 e. The molecule has 1 heterocycles. The normalized spacial score (nSPS) is 10.9. The topological polar surface area (TPSA) is 25.8 Å². The second-order valence-electron chi connectivity index (χ2n) is 4.48. The average molecular weight is 303 g/mol. The molecule has 2 nitrogen and oxygen atoms in total. The lowest BCUT2D eigenvalue weighted by Gasteiger charge is -2.09. The van der Waals surface area contributed by atoms with Crippen molar-refractivity contribution < 1.29 is 0 Å². The van der Waals surface area contributed by atoms with Crippen molar-refractivity contribution in [1.82, 2.24) is 9.97 Å². The number of hydrogen-bond acceptors (Lipinski definition) is 2. The summed E-state index contributed by atoms with van der Waals surface area (Å²) in [5.74, 6) is 0.641. The summed E-state index contributed by atoms with van der Waals surface area (Å²) in [6, 6.07) is 13.6. The largest absolute Gasteiger partial charge is 0.228 e. The molecular formula is C16H12Cl2N2. The molecular weight excluding hydrogens is 291 g/mol. The second-order valence-corrected chi connectivity index (χ2v) is 5.25. The highest BCUT2D eigenvalue weighted by Crippen LogP contribution is 2.31. The standard InChI is InChI=1S/C16H12Cl2N2/c1-2-10-6-3-4-7-11(10)16-19-13-9-5-8-12(17)14(13)15(18)20-16/h3-9H,2H2,1H3. The van der Waals surface area contributed by atoms with Gasteiger partial charge in [-0.2, -0.15) is 0 Å². The van der Waals surface area contributed by atoms with Crippen LogP contribution in [-0.4, -0.2) is 9.97 Å². The molecule has 2 aromatic carbocycles. The number of aryl methyl sites for hydroxylation is 1. The molecule has 0 aliphatic carbocycles. The molecule has 0 fully saturated rings.